The number of carbonyl (C=O) groups is 2. The molecule has 1 aromatic carbocycles. The van der Waals surface area contributed by atoms with Crippen LogP contribution in [0.25, 0.3) is 0 Å². The van der Waals surface area contributed by atoms with E-state index < -0.39 is 18.2 Å². The smallest absolute Gasteiger partial charge is 0.332 e. The molecule has 1 heterocycles. The van der Waals surface area contributed by atoms with E-state index in [2.05, 4.69) is 5.32 Å². The van der Waals surface area contributed by atoms with Crippen molar-refractivity contribution >= 4 is 17.6 Å². The first-order chi connectivity index (χ1) is 9.52. The molecule has 1 amide bonds. The van der Waals surface area contributed by atoms with Crippen LogP contribution in [0, 0.1) is 6.92 Å². The van der Waals surface area contributed by atoms with Crippen molar-refractivity contribution in [1.29, 1.82) is 0 Å². The van der Waals surface area contributed by atoms with E-state index in [4.69, 9.17) is 9.84 Å². The average molecular weight is 277 g/mol. The van der Waals surface area contributed by atoms with Gasteiger partial charge in [0.25, 0.3) is 5.91 Å². The predicted octanol–water partition coefficient (Wildman–Crippen LogP) is 2.13. The molecule has 0 saturated carbocycles. The SMILES string of the molecule is CCc1cccc(C)c1NC(=O)[C@@H]1CC[C@H](C(=O)O)O1. The lowest BCUT2D eigenvalue weighted by Gasteiger charge is -2.16. The minimum absolute atomic E-state index is 0.266. The van der Waals surface area contributed by atoms with Crippen molar-refractivity contribution in [3.63, 3.8) is 0 Å². The first-order valence-corrected chi connectivity index (χ1v) is 6.80. The molecule has 2 rings (SSSR count). The standard InChI is InChI=1S/C15H19NO4/c1-3-10-6-4-5-9(2)13(10)16-14(17)11-7-8-12(20-11)15(18)19/h4-6,11-12H,3,7-8H2,1-2H3,(H,16,17)(H,18,19)/t11-,12+/m0/s1. The molecule has 108 valence electrons. The van der Waals surface area contributed by atoms with Gasteiger partial charge in [-0.05, 0) is 37.3 Å². The molecule has 0 unspecified atom stereocenters. The Hall–Kier alpha value is -1.88. The molecular weight excluding hydrogens is 258 g/mol. The number of carboxylic acids is 1. The van der Waals surface area contributed by atoms with Gasteiger partial charge in [-0.2, -0.15) is 0 Å². The van der Waals surface area contributed by atoms with Gasteiger partial charge in [-0.3, -0.25) is 4.79 Å². The maximum atomic E-state index is 12.2. The van der Waals surface area contributed by atoms with Crippen LogP contribution in [0.4, 0.5) is 5.69 Å². The lowest BCUT2D eigenvalue weighted by molar-refractivity contribution is -0.150. The molecule has 5 heteroatoms. The van der Waals surface area contributed by atoms with Gasteiger partial charge in [0.05, 0.1) is 0 Å². The Morgan fingerprint density at radius 2 is 2.05 bits per heavy atom. The molecule has 1 saturated heterocycles. The number of anilines is 1. The third kappa shape index (κ3) is 2.99. The Bertz CT molecular complexity index is 527. The second-order valence-corrected chi connectivity index (χ2v) is 4.98. The fraction of sp³-hybridized carbons (Fsp3) is 0.467. The normalized spacial score (nSPS) is 21.7. The van der Waals surface area contributed by atoms with E-state index in [9.17, 15) is 9.59 Å². The molecule has 2 atom stereocenters. The molecule has 0 spiro atoms. The number of aryl methyl sites for hydroxylation is 2. The van der Waals surface area contributed by atoms with Crippen LogP contribution in [0.5, 0.6) is 0 Å². The van der Waals surface area contributed by atoms with Crippen LogP contribution in [0.1, 0.15) is 30.9 Å². The number of carbonyl (C=O) groups excluding carboxylic acids is 1. The van der Waals surface area contributed by atoms with Gasteiger partial charge in [0.2, 0.25) is 0 Å². The van der Waals surface area contributed by atoms with Gasteiger partial charge < -0.3 is 15.2 Å². The average Bonchev–Trinajstić information content (AvgIpc) is 2.91. The van der Waals surface area contributed by atoms with Crippen LogP contribution in [-0.2, 0) is 20.7 Å². The zero-order valence-corrected chi connectivity index (χ0v) is 11.7. The van der Waals surface area contributed by atoms with Gasteiger partial charge >= 0.3 is 5.97 Å². The summed E-state index contributed by atoms with van der Waals surface area (Å²) in [6, 6.07) is 5.86. The van der Waals surface area contributed by atoms with Crippen molar-refractivity contribution in [3.8, 4) is 0 Å². The van der Waals surface area contributed by atoms with Crippen molar-refractivity contribution in [3.05, 3.63) is 29.3 Å². The fourth-order valence-corrected chi connectivity index (χ4v) is 2.42. The highest BCUT2D eigenvalue weighted by atomic mass is 16.5. The van der Waals surface area contributed by atoms with Crippen molar-refractivity contribution in [2.45, 2.75) is 45.3 Å². The fourth-order valence-electron chi connectivity index (χ4n) is 2.42. The van der Waals surface area contributed by atoms with Gasteiger partial charge in [-0.1, -0.05) is 25.1 Å². The lowest BCUT2D eigenvalue weighted by atomic mass is 10.1. The Labute approximate surface area is 117 Å². The summed E-state index contributed by atoms with van der Waals surface area (Å²) in [6.07, 6.45) is 0.0899. The lowest BCUT2D eigenvalue weighted by Crippen LogP contribution is -2.30. The number of hydrogen-bond donors (Lipinski definition) is 2. The summed E-state index contributed by atoms with van der Waals surface area (Å²) < 4.78 is 5.26. The van der Waals surface area contributed by atoms with Gasteiger partial charge in [0.15, 0.2) is 6.10 Å². The Morgan fingerprint density at radius 3 is 2.65 bits per heavy atom. The van der Waals surface area contributed by atoms with E-state index in [1.165, 1.54) is 0 Å². The largest absolute Gasteiger partial charge is 0.479 e. The van der Waals surface area contributed by atoms with E-state index in [1.807, 2.05) is 32.0 Å². The molecule has 1 aliphatic rings. The van der Waals surface area contributed by atoms with Crippen LogP contribution in [0.3, 0.4) is 0 Å². The molecule has 0 aromatic heterocycles. The van der Waals surface area contributed by atoms with E-state index >= 15 is 0 Å². The van der Waals surface area contributed by atoms with Crippen molar-refractivity contribution in [1.82, 2.24) is 0 Å². The molecule has 2 N–H and O–H groups in total. The number of aliphatic carboxylic acids is 1. The first-order valence-electron chi connectivity index (χ1n) is 6.80. The summed E-state index contributed by atoms with van der Waals surface area (Å²) in [5.74, 6) is -1.27. The second kappa shape index (κ2) is 6.05. The van der Waals surface area contributed by atoms with Crippen molar-refractivity contribution in [2.75, 3.05) is 5.32 Å². The van der Waals surface area contributed by atoms with Crippen LogP contribution in [-0.4, -0.2) is 29.2 Å². The predicted molar refractivity (Wildman–Crippen MR) is 74.7 cm³/mol. The molecule has 1 fully saturated rings. The van der Waals surface area contributed by atoms with E-state index in [0.717, 1.165) is 23.2 Å². The minimum Gasteiger partial charge on any atom is -0.479 e. The maximum Gasteiger partial charge on any atom is 0.332 e. The summed E-state index contributed by atoms with van der Waals surface area (Å²) in [6.45, 7) is 3.96. The van der Waals surface area contributed by atoms with Crippen molar-refractivity contribution < 1.29 is 19.4 Å². The first kappa shape index (κ1) is 14.5. The summed E-state index contributed by atoms with van der Waals surface area (Å²) in [5.41, 5.74) is 2.86. The number of ether oxygens (including phenoxy) is 1. The zero-order chi connectivity index (χ0) is 14.7. The number of rotatable bonds is 4. The molecule has 0 bridgehead atoms. The highest BCUT2D eigenvalue weighted by Crippen LogP contribution is 2.25. The molecule has 0 radical (unpaired) electrons. The quantitative estimate of drug-likeness (QED) is 0.884. The molecule has 1 aromatic rings. The number of nitrogens with one attached hydrogen (secondary N) is 1. The van der Waals surface area contributed by atoms with Crippen molar-refractivity contribution in [2.24, 2.45) is 0 Å². The van der Waals surface area contributed by atoms with E-state index in [1.54, 1.807) is 0 Å². The molecule has 20 heavy (non-hydrogen) atoms. The Balaban J connectivity index is 2.08. The molecule has 0 aliphatic carbocycles. The summed E-state index contributed by atoms with van der Waals surface area (Å²) >= 11 is 0. The highest BCUT2D eigenvalue weighted by molar-refractivity contribution is 5.96. The van der Waals surface area contributed by atoms with Crippen LogP contribution >= 0.6 is 0 Å². The van der Waals surface area contributed by atoms with Crippen LogP contribution < -0.4 is 5.32 Å². The van der Waals surface area contributed by atoms with E-state index in [0.29, 0.717) is 12.8 Å². The van der Waals surface area contributed by atoms with Gasteiger partial charge in [0, 0.05) is 5.69 Å². The molecule has 1 aliphatic heterocycles. The number of para-hydroxylation sites is 1. The molecular formula is C15H19NO4. The second-order valence-electron chi connectivity index (χ2n) is 4.98. The number of carboxylic acid groups (broad SMARTS) is 1. The third-order valence-electron chi connectivity index (χ3n) is 3.58. The zero-order valence-electron chi connectivity index (χ0n) is 11.7. The highest BCUT2D eigenvalue weighted by Gasteiger charge is 2.34. The third-order valence-corrected chi connectivity index (χ3v) is 3.58. The molecule has 5 nitrogen and oxygen atoms in total. The topological polar surface area (TPSA) is 75.6 Å². The number of hydrogen-bond acceptors (Lipinski definition) is 3. The minimum atomic E-state index is -1.01. The summed E-state index contributed by atoms with van der Waals surface area (Å²) in [5, 5.41) is 11.7. The Morgan fingerprint density at radius 1 is 1.35 bits per heavy atom. The monoisotopic (exact) mass is 277 g/mol. The maximum absolute atomic E-state index is 12.2. The summed E-state index contributed by atoms with van der Waals surface area (Å²) in [7, 11) is 0. The number of benzene rings is 1. The Kier molecular flexibility index (Phi) is 4.39. The number of amides is 1. The van der Waals surface area contributed by atoms with Gasteiger partial charge in [-0.25, -0.2) is 4.79 Å². The van der Waals surface area contributed by atoms with Gasteiger partial charge in [-0.15, -0.1) is 0 Å². The van der Waals surface area contributed by atoms with Crippen LogP contribution in [0.15, 0.2) is 18.2 Å². The summed E-state index contributed by atoms with van der Waals surface area (Å²) in [4.78, 5) is 23.0. The van der Waals surface area contributed by atoms with Crippen LogP contribution in [0.2, 0.25) is 0 Å². The van der Waals surface area contributed by atoms with Gasteiger partial charge in [0.1, 0.15) is 6.10 Å². The van der Waals surface area contributed by atoms with E-state index in [-0.39, 0.29) is 5.91 Å².